The van der Waals surface area contributed by atoms with Crippen molar-refractivity contribution >= 4 is 34.8 Å². The molecule has 0 spiro atoms. The molecule has 0 unspecified atom stereocenters. The van der Waals surface area contributed by atoms with Crippen molar-refractivity contribution in [3.63, 3.8) is 0 Å². The van der Waals surface area contributed by atoms with E-state index in [-0.39, 0.29) is 0 Å². The molecule has 0 bridgehead atoms. The summed E-state index contributed by atoms with van der Waals surface area (Å²) in [5.74, 6) is -0.556. The second kappa shape index (κ2) is 8.44. The fraction of sp³-hybridized carbons (Fsp3) is 0.222. The molecule has 0 heterocycles. The maximum atomic E-state index is 12.2. The van der Waals surface area contributed by atoms with Crippen LogP contribution >= 0.6 is 11.6 Å². The van der Waals surface area contributed by atoms with Gasteiger partial charge >= 0.3 is 11.8 Å². The lowest BCUT2D eigenvalue weighted by Gasteiger charge is -2.14. The predicted octanol–water partition coefficient (Wildman–Crippen LogP) is 3.25. The molecule has 2 N–H and O–H groups in total. The molecule has 2 aromatic rings. The first-order chi connectivity index (χ1) is 12.4. The number of methoxy groups -OCH3 is 3. The van der Waals surface area contributed by atoms with Crippen LogP contribution in [0.15, 0.2) is 30.3 Å². The summed E-state index contributed by atoms with van der Waals surface area (Å²) in [6.07, 6.45) is 0. The van der Waals surface area contributed by atoms with Gasteiger partial charge in [-0.3, -0.25) is 9.59 Å². The van der Waals surface area contributed by atoms with Crippen LogP contribution in [0.5, 0.6) is 17.2 Å². The van der Waals surface area contributed by atoms with Crippen LogP contribution in [0.25, 0.3) is 0 Å². The van der Waals surface area contributed by atoms with Gasteiger partial charge in [-0.05, 0) is 30.7 Å². The monoisotopic (exact) mass is 378 g/mol. The minimum absolute atomic E-state index is 0.326. The number of carbonyl (C=O) groups is 2. The number of hydrogen-bond donors (Lipinski definition) is 2. The zero-order valence-electron chi connectivity index (χ0n) is 14.8. The second-order valence-electron chi connectivity index (χ2n) is 5.28. The van der Waals surface area contributed by atoms with Crippen molar-refractivity contribution in [1.29, 1.82) is 0 Å². The summed E-state index contributed by atoms with van der Waals surface area (Å²) in [6.45, 7) is 1.78. The van der Waals surface area contributed by atoms with Crippen LogP contribution in [0.4, 0.5) is 11.4 Å². The number of halogens is 1. The van der Waals surface area contributed by atoms with Crippen molar-refractivity contribution in [3.8, 4) is 17.2 Å². The second-order valence-corrected chi connectivity index (χ2v) is 5.72. The molecule has 0 aliphatic heterocycles. The van der Waals surface area contributed by atoms with Crippen LogP contribution in [0, 0.1) is 6.92 Å². The third kappa shape index (κ3) is 4.37. The van der Waals surface area contributed by atoms with Crippen molar-refractivity contribution in [2.24, 2.45) is 0 Å². The summed E-state index contributed by atoms with van der Waals surface area (Å²) in [4.78, 5) is 24.3. The quantitative estimate of drug-likeness (QED) is 0.780. The molecule has 0 fully saturated rings. The number of benzene rings is 2. The number of hydrogen-bond acceptors (Lipinski definition) is 5. The lowest BCUT2D eigenvalue weighted by molar-refractivity contribution is -0.133. The molecule has 2 rings (SSSR count). The molecule has 0 aromatic heterocycles. The average Bonchev–Trinajstić information content (AvgIpc) is 2.62. The first-order valence-corrected chi connectivity index (χ1v) is 7.96. The highest BCUT2D eigenvalue weighted by Crippen LogP contribution is 2.39. The molecule has 0 aliphatic rings. The molecule has 26 heavy (non-hydrogen) atoms. The normalized spacial score (nSPS) is 10.0. The highest BCUT2D eigenvalue weighted by Gasteiger charge is 2.18. The van der Waals surface area contributed by atoms with Crippen LogP contribution in [0.1, 0.15) is 5.56 Å². The summed E-state index contributed by atoms with van der Waals surface area (Å²) >= 11 is 5.88. The Morgan fingerprint density at radius 3 is 1.96 bits per heavy atom. The minimum atomic E-state index is -0.839. The number of rotatable bonds is 5. The van der Waals surface area contributed by atoms with E-state index in [1.54, 1.807) is 25.1 Å². The Labute approximate surface area is 156 Å². The van der Waals surface area contributed by atoms with Crippen molar-refractivity contribution < 1.29 is 23.8 Å². The summed E-state index contributed by atoms with van der Waals surface area (Å²) in [6, 6.07) is 8.00. The van der Waals surface area contributed by atoms with Gasteiger partial charge < -0.3 is 24.8 Å². The van der Waals surface area contributed by atoms with Crippen molar-refractivity contribution in [2.75, 3.05) is 32.0 Å². The van der Waals surface area contributed by atoms with Gasteiger partial charge in [0.15, 0.2) is 11.5 Å². The molecule has 7 nitrogen and oxygen atoms in total. The van der Waals surface area contributed by atoms with E-state index in [4.69, 9.17) is 25.8 Å². The van der Waals surface area contributed by atoms with Gasteiger partial charge in [0, 0.05) is 28.5 Å². The fourth-order valence-electron chi connectivity index (χ4n) is 2.29. The Balaban J connectivity index is 2.17. The number of anilines is 2. The highest BCUT2D eigenvalue weighted by atomic mass is 35.5. The summed E-state index contributed by atoms with van der Waals surface area (Å²) in [5, 5.41) is 5.59. The zero-order chi connectivity index (χ0) is 19.3. The van der Waals surface area contributed by atoms with Crippen LogP contribution in [-0.2, 0) is 9.59 Å². The number of amides is 2. The molecular formula is C18H19ClN2O5. The molecule has 0 saturated carbocycles. The molecular weight excluding hydrogens is 360 g/mol. The first kappa shape index (κ1) is 19.4. The molecule has 0 radical (unpaired) electrons. The van der Waals surface area contributed by atoms with Crippen molar-refractivity contribution in [3.05, 3.63) is 40.9 Å². The van der Waals surface area contributed by atoms with E-state index in [0.29, 0.717) is 33.6 Å². The predicted molar refractivity (Wildman–Crippen MR) is 99.5 cm³/mol. The summed E-state index contributed by atoms with van der Waals surface area (Å²) in [7, 11) is 4.39. The number of nitrogens with one attached hydrogen (secondary N) is 2. The maximum absolute atomic E-state index is 12.2. The third-order valence-corrected chi connectivity index (χ3v) is 3.80. The number of ether oxygens (including phenoxy) is 3. The Kier molecular flexibility index (Phi) is 6.30. The van der Waals surface area contributed by atoms with Gasteiger partial charge in [-0.2, -0.15) is 0 Å². The summed E-state index contributed by atoms with van der Waals surface area (Å²) in [5.41, 5.74) is 1.57. The van der Waals surface area contributed by atoms with Crippen LogP contribution in [0.3, 0.4) is 0 Å². The van der Waals surface area contributed by atoms with E-state index in [2.05, 4.69) is 10.6 Å². The van der Waals surface area contributed by atoms with Crippen LogP contribution < -0.4 is 24.8 Å². The Hall–Kier alpha value is -2.93. The van der Waals surface area contributed by atoms with Crippen molar-refractivity contribution in [2.45, 2.75) is 6.92 Å². The highest BCUT2D eigenvalue weighted by molar-refractivity contribution is 6.43. The van der Waals surface area contributed by atoms with Gasteiger partial charge in [0.2, 0.25) is 5.75 Å². The minimum Gasteiger partial charge on any atom is -0.493 e. The van der Waals surface area contributed by atoms with E-state index in [0.717, 1.165) is 5.56 Å². The maximum Gasteiger partial charge on any atom is 0.314 e. The summed E-state index contributed by atoms with van der Waals surface area (Å²) < 4.78 is 15.6. The van der Waals surface area contributed by atoms with Crippen molar-refractivity contribution in [1.82, 2.24) is 0 Å². The smallest absolute Gasteiger partial charge is 0.314 e. The van der Waals surface area contributed by atoms with Crippen LogP contribution in [0.2, 0.25) is 5.02 Å². The largest absolute Gasteiger partial charge is 0.493 e. The Morgan fingerprint density at radius 1 is 0.885 bits per heavy atom. The van der Waals surface area contributed by atoms with E-state index < -0.39 is 11.8 Å². The fourth-order valence-corrected chi connectivity index (χ4v) is 2.51. The number of carbonyl (C=O) groups excluding carboxylic acids is 2. The lowest BCUT2D eigenvalue weighted by atomic mass is 10.2. The molecule has 2 amide bonds. The average molecular weight is 379 g/mol. The van der Waals surface area contributed by atoms with E-state index in [1.807, 2.05) is 0 Å². The van der Waals surface area contributed by atoms with Gasteiger partial charge in [0.05, 0.1) is 21.3 Å². The Morgan fingerprint density at radius 2 is 1.46 bits per heavy atom. The standard InChI is InChI=1S/C18H19ClN2O5/c1-10-7-11(19)5-6-13(10)21-18(23)17(22)20-12-8-14(24-2)16(26-4)15(9-12)25-3/h5-9H,1-4H3,(H,20,22)(H,21,23). The van der Waals surface area contributed by atoms with Crippen LogP contribution in [-0.4, -0.2) is 33.1 Å². The Bertz CT molecular complexity index is 813. The molecule has 0 aliphatic carbocycles. The van der Waals surface area contributed by atoms with Gasteiger partial charge in [-0.25, -0.2) is 0 Å². The van der Waals surface area contributed by atoms with Gasteiger partial charge in [-0.15, -0.1) is 0 Å². The third-order valence-electron chi connectivity index (χ3n) is 3.57. The zero-order valence-corrected chi connectivity index (χ0v) is 15.6. The lowest BCUT2D eigenvalue weighted by Crippen LogP contribution is -2.29. The SMILES string of the molecule is COc1cc(NC(=O)C(=O)Nc2ccc(Cl)cc2C)cc(OC)c1OC. The van der Waals surface area contributed by atoms with E-state index in [1.165, 1.54) is 33.5 Å². The molecule has 138 valence electrons. The van der Waals surface area contributed by atoms with Gasteiger partial charge in [0.25, 0.3) is 0 Å². The van der Waals surface area contributed by atoms with E-state index >= 15 is 0 Å². The molecule has 0 atom stereocenters. The molecule has 2 aromatic carbocycles. The first-order valence-electron chi connectivity index (χ1n) is 7.58. The van der Waals surface area contributed by atoms with E-state index in [9.17, 15) is 9.59 Å². The number of aryl methyl sites for hydroxylation is 1. The molecule has 8 heteroatoms. The van der Waals surface area contributed by atoms with Gasteiger partial charge in [0.1, 0.15) is 0 Å². The topological polar surface area (TPSA) is 85.9 Å². The molecule has 0 saturated heterocycles. The van der Waals surface area contributed by atoms with Gasteiger partial charge in [-0.1, -0.05) is 11.6 Å².